The molecule has 0 saturated heterocycles. The van der Waals surface area contributed by atoms with Crippen molar-refractivity contribution in [3.8, 4) is 0 Å². The van der Waals surface area contributed by atoms with E-state index in [2.05, 4.69) is 0 Å². The van der Waals surface area contributed by atoms with E-state index in [1.807, 2.05) is 27.7 Å². The second-order valence-corrected chi connectivity index (χ2v) is 11.1. The zero-order chi connectivity index (χ0) is 17.9. The Morgan fingerprint density at radius 2 is 1.52 bits per heavy atom. The van der Waals surface area contributed by atoms with Gasteiger partial charge in [0.1, 0.15) is 5.69 Å². The first-order chi connectivity index (χ1) is 10.5. The van der Waals surface area contributed by atoms with E-state index in [0.29, 0.717) is 6.04 Å². The fraction of sp³-hybridized carbons (Fsp3) is 0.600. The molecule has 23 heavy (non-hydrogen) atoms. The summed E-state index contributed by atoms with van der Waals surface area (Å²) in [5, 5.41) is -0.156. The molecule has 0 fully saturated rings. The van der Waals surface area contributed by atoms with Crippen LogP contribution in [0.1, 0.15) is 34.1 Å². The van der Waals surface area contributed by atoms with Crippen LogP contribution >= 0.6 is 0 Å². The molecule has 0 aliphatic rings. The van der Waals surface area contributed by atoms with Crippen molar-refractivity contribution in [1.82, 2.24) is 0 Å². The van der Waals surface area contributed by atoms with Crippen LogP contribution in [0.15, 0.2) is 6.07 Å². The Kier molecular flexibility index (Phi) is 6.58. The summed E-state index contributed by atoms with van der Waals surface area (Å²) in [6.45, 7) is 7.22. The first-order valence-electron chi connectivity index (χ1n) is 7.51. The van der Waals surface area contributed by atoms with Crippen molar-refractivity contribution in [3.05, 3.63) is 29.3 Å². The lowest BCUT2D eigenvalue weighted by Crippen LogP contribution is -2.41. The summed E-state index contributed by atoms with van der Waals surface area (Å²) in [6, 6.07) is 0.652. The zero-order valence-corrected chi connectivity index (χ0v) is 14.6. The molecule has 8 heteroatoms. The van der Waals surface area contributed by atoms with Crippen LogP contribution in [-0.4, -0.2) is 19.7 Å². The van der Waals surface area contributed by atoms with E-state index in [1.165, 1.54) is 0 Å². The molecule has 132 valence electrons. The van der Waals surface area contributed by atoms with Gasteiger partial charge in [-0.3, -0.25) is 0 Å². The Hall–Kier alpha value is -1.15. The molecule has 0 heterocycles. The highest BCUT2D eigenvalue weighted by Crippen LogP contribution is 2.34. The summed E-state index contributed by atoms with van der Waals surface area (Å²) in [6.07, 6.45) is 0.190. The van der Waals surface area contributed by atoms with Crippen molar-refractivity contribution >= 4 is 14.0 Å². The number of anilines is 1. The average molecular weight is 355 g/mol. The van der Waals surface area contributed by atoms with Gasteiger partial charge in [0.2, 0.25) is 0 Å². The van der Waals surface area contributed by atoms with E-state index < -0.39 is 37.3 Å². The highest BCUT2D eigenvalue weighted by atomic mass is 28.4. The van der Waals surface area contributed by atoms with Crippen LogP contribution in [0.4, 0.5) is 27.7 Å². The third-order valence-corrected chi connectivity index (χ3v) is 9.43. The summed E-state index contributed by atoms with van der Waals surface area (Å²) in [7, 11) is -2.61. The molecule has 1 aromatic carbocycles. The predicted molar refractivity (Wildman–Crippen MR) is 82.3 cm³/mol. The van der Waals surface area contributed by atoms with Gasteiger partial charge in [-0.2, -0.15) is 0 Å². The van der Waals surface area contributed by atoms with Crippen LogP contribution in [0.2, 0.25) is 17.1 Å². The van der Waals surface area contributed by atoms with E-state index in [-0.39, 0.29) is 35.2 Å². The smallest absolute Gasteiger partial charge is 0.199 e. The molecule has 0 amide bonds. The van der Waals surface area contributed by atoms with Crippen molar-refractivity contribution in [1.29, 1.82) is 0 Å². The Morgan fingerprint density at radius 3 is 2.00 bits per heavy atom. The highest BCUT2D eigenvalue weighted by Gasteiger charge is 2.38. The van der Waals surface area contributed by atoms with Gasteiger partial charge in [-0.05, 0) is 23.5 Å². The Bertz CT molecular complexity index is 545. The SMILES string of the molecule is CC(C)[Si](O)(CCCN(F)c1cc(F)c(F)c(F)c1F)C(C)C. The minimum absolute atomic E-state index is 0.0630. The van der Waals surface area contributed by atoms with Gasteiger partial charge >= 0.3 is 0 Å². The van der Waals surface area contributed by atoms with Crippen molar-refractivity contribution in [2.75, 3.05) is 11.7 Å². The van der Waals surface area contributed by atoms with Gasteiger partial charge in [-0.1, -0.05) is 32.2 Å². The fourth-order valence-corrected chi connectivity index (χ4v) is 5.81. The van der Waals surface area contributed by atoms with Crippen molar-refractivity contribution in [3.63, 3.8) is 0 Å². The van der Waals surface area contributed by atoms with E-state index >= 15 is 0 Å². The molecule has 1 rings (SSSR count). The van der Waals surface area contributed by atoms with Gasteiger partial charge in [0.15, 0.2) is 31.6 Å². The van der Waals surface area contributed by atoms with Crippen molar-refractivity contribution in [2.24, 2.45) is 0 Å². The molecule has 0 spiro atoms. The summed E-state index contributed by atoms with van der Waals surface area (Å²) in [5.74, 6) is -7.44. The Balaban J connectivity index is 2.81. The first-order valence-corrected chi connectivity index (χ1v) is 9.82. The molecule has 0 radical (unpaired) electrons. The molecule has 0 aliphatic heterocycles. The van der Waals surface area contributed by atoms with E-state index in [1.54, 1.807) is 0 Å². The van der Waals surface area contributed by atoms with Crippen LogP contribution in [0.3, 0.4) is 0 Å². The van der Waals surface area contributed by atoms with Crippen LogP contribution in [-0.2, 0) is 0 Å². The maximum atomic E-state index is 13.9. The largest absolute Gasteiger partial charge is 0.431 e. The number of halogens is 5. The quantitative estimate of drug-likeness (QED) is 0.242. The molecular formula is C15H22F5NOSi. The summed E-state index contributed by atoms with van der Waals surface area (Å²) < 4.78 is 66.5. The minimum atomic E-state index is -2.61. The third kappa shape index (κ3) is 4.23. The van der Waals surface area contributed by atoms with Gasteiger partial charge in [0, 0.05) is 6.07 Å². The van der Waals surface area contributed by atoms with Crippen molar-refractivity contribution in [2.45, 2.75) is 51.2 Å². The predicted octanol–water partition coefficient (Wildman–Crippen LogP) is 5.08. The van der Waals surface area contributed by atoms with E-state index in [9.17, 15) is 26.8 Å². The maximum absolute atomic E-state index is 13.9. The van der Waals surface area contributed by atoms with E-state index in [4.69, 9.17) is 0 Å². The summed E-state index contributed by atoms with van der Waals surface area (Å²) in [5.41, 5.74) is -0.860. The van der Waals surface area contributed by atoms with Gasteiger partial charge in [-0.25, -0.2) is 22.7 Å². The molecule has 2 nitrogen and oxygen atoms in total. The number of nitrogens with zero attached hydrogens (tertiary/aromatic N) is 1. The minimum Gasteiger partial charge on any atom is -0.431 e. The second-order valence-electron chi connectivity index (χ2n) is 6.31. The Labute approximate surface area is 134 Å². The van der Waals surface area contributed by atoms with E-state index in [0.717, 1.165) is 0 Å². The lowest BCUT2D eigenvalue weighted by molar-refractivity contribution is 0.383. The van der Waals surface area contributed by atoms with Crippen LogP contribution in [0.5, 0.6) is 0 Å². The number of hydrogen-bond acceptors (Lipinski definition) is 2. The number of rotatable bonds is 7. The van der Waals surface area contributed by atoms with Crippen LogP contribution in [0, 0.1) is 23.3 Å². The molecule has 1 aromatic rings. The fourth-order valence-electron chi connectivity index (χ4n) is 2.60. The standard InChI is InChI=1S/C15H22F5NOSi/c1-9(2)23(22,10(3)4)7-5-6-21(20)12-8-11(16)13(17)15(19)14(12)18/h8-10,22H,5-7H2,1-4H3. The maximum Gasteiger partial charge on any atom is 0.199 e. The van der Waals surface area contributed by atoms with Gasteiger partial charge in [0.25, 0.3) is 0 Å². The molecule has 0 unspecified atom stereocenters. The summed E-state index contributed by atoms with van der Waals surface area (Å²) >= 11 is 0. The first kappa shape index (κ1) is 19.9. The molecule has 0 saturated carbocycles. The summed E-state index contributed by atoms with van der Waals surface area (Å²) in [4.78, 5) is 10.7. The second kappa shape index (κ2) is 7.61. The van der Waals surface area contributed by atoms with Gasteiger partial charge in [-0.15, -0.1) is 0 Å². The van der Waals surface area contributed by atoms with Crippen molar-refractivity contribution < 1.29 is 26.8 Å². The van der Waals surface area contributed by atoms with Crippen LogP contribution < -0.4 is 5.12 Å². The molecule has 1 N–H and O–H groups in total. The number of hydrogen-bond donors (Lipinski definition) is 1. The highest BCUT2D eigenvalue weighted by molar-refractivity contribution is 6.75. The third-order valence-electron chi connectivity index (χ3n) is 4.28. The van der Waals surface area contributed by atoms with Gasteiger partial charge in [0.05, 0.1) is 6.54 Å². The zero-order valence-electron chi connectivity index (χ0n) is 13.6. The normalized spacial score (nSPS) is 12.3. The van der Waals surface area contributed by atoms with Crippen LogP contribution in [0.25, 0.3) is 0 Å². The average Bonchev–Trinajstić information content (AvgIpc) is 2.47. The monoisotopic (exact) mass is 355 g/mol. The molecule has 0 atom stereocenters. The molecule has 0 aromatic heterocycles. The lowest BCUT2D eigenvalue weighted by Gasteiger charge is -2.33. The number of benzene rings is 1. The van der Waals surface area contributed by atoms with Gasteiger partial charge < -0.3 is 4.80 Å². The molecule has 0 aliphatic carbocycles. The lowest BCUT2D eigenvalue weighted by atomic mass is 10.2. The molecular weight excluding hydrogens is 333 g/mol. The molecule has 0 bridgehead atoms. The Morgan fingerprint density at radius 1 is 1.00 bits per heavy atom. The topological polar surface area (TPSA) is 23.5 Å².